The van der Waals surface area contributed by atoms with Gasteiger partial charge >= 0.3 is 0 Å². The zero-order valence-corrected chi connectivity index (χ0v) is 15.6. The monoisotopic (exact) mass is 354 g/mol. The molecule has 0 spiro atoms. The summed E-state index contributed by atoms with van der Waals surface area (Å²) in [5, 5.41) is 10.2. The van der Waals surface area contributed by atoms with Gasteiger partial charge in [-0.25, -0.2) is 4.98 Å². The van der Waals surface area contributed by atoms with Crippen molar-refractivity contribution in [1.29, 1.82) is 5.26 Å². The number of imidazole rings is 1. The topological polar surface area (TPSA) is 61.9 Å². The molecule has 0 unspecified atom stereocenters. The summed E-state index contributed by atoms with van der Waals surface area (Å²) in [5.74, 6) is 0.253. The van der Waals surface area contributed by atoms with Crippen molar-refractivity contribution < 1.29 is 4.79 Å². The van der Waals surface area contributed by atoms with Gasteiger partial charge in [0.15, 0.2) is 5.16 Å². The van der Waals surface area contributed by atoms with Crippen LogP contribution in [0.1, 0.15) is 30.4 Å². The lowest BCUT2D eigenvalue weighted by Gasteiger charge is -2.42. The van der Waals surface area contributed by atoms with Gasteiger partial charge in [-0.1, -0.05) is 23.9 Å². The standard InChI is InChI=1S/C19H22N4OS/c1-14-6-4-7-16(15(14)2)23-11-10-21-18(23)25-12-17(24)22(3)19(13-20)8-5-9-19/h4,6-7,10-11H,5,8-9,12H2,1-3H3. The summed E-state index contributed by atoms with van der Waals surface area (Å²) in [6.07, 6.45) is 6.22. The minimum Gasteiger partial charge on any atom is -0.326 e. The maximum absolute atomic E-state index is 12.5. The number of carbonyl (C=O) groups excluding carboxylic acids is 1. The molecular formula is C19H22N4OS. The Morgan fingerprint density at radius 2 is 2.20 bits per heavy atom. The molecule has 0 saturated heterocycles. The van der Waals surface area contributed by atoms with Crippen LogP contribution in [0.5, 0.6) is 0 Å². The van der Waals surface area contributed by atoms with Crippen LogP contribution in [0.4, 0.5) is 0 Å². The number of nitriles is 1. The van der Waals surface area contributed by atoms with Crippen molar-refractivity contribution in [2.24, 2.45) is 0 Å². The largest absolute Gasteiger partial charge is 0.326 e. The van der Waals surface area contributed by atoms with E-state index in [2.05, 4.69) is 37.0 Å². The van der Waals surface area contributed by atoms with E-state index in [4.69, 9.17) is 0 Å². The Kier molecular flexibility index (Phi) is 4.87. The summed E-state index contributed by atoms with van der Waals surface area (Å²) in [6.45, 7) is 4.17. The molecule has 1 amide bonds. The Morgan fingerprint density at radius 3 is 2.84 bits per heavy atom. The third-order valence-corrected chi connectivity index (χ3v) is 6.12. The normalized spacial score (nSPS) is 15.3. The van der Waals surface area contributed by atoms with Crippen LogP contribution in [-0.2, 0) is 4.79 Å². The molecule has 1 aliphatic carbocycles. The number of amides is 1. The van der Waals surface area contributed by atoms with Gasteiger partial charge in [-0.15, -0.1) is 0 Å². The van der Waals surface area contributed by atoms with Crippen molar-refractivity contribution in [3.8, 4) is 11.8 Å². The van der Waals surface area contributed by atoms with Crippen molar-refractivity contribution in [2.45, 2.75) is 43.8 Å². The molecule has 2 aromatic rings. The number of carbonyl (C=O) groups is 1. The van der Waals surface area contributed by atoms with E-state index in [-0.39, 0.29) is 11.7 Å². The van der Waals surface area contributed by atoms with Gasteiger partial charge in [-0.2, -0.15) is 5.26 Å². The third-order valence-electron chi connectivity index (χ3n) is 5.17. The SMILES string of the molecule is Cc1cccc(-n2ccnc2SCC(=O)N(C)C2(C#N)CCC2)c1C. The van der Waals surface area contributed by atoms with Crippen LogP contribution in [0.3, 0.4) is 0 Å². The van der Waals surface area contributed by atoms with Crippen LogP contribution < -0.4 is 0 Å². The quantitative estimate of drug-likeness (QED) is 0.771. The fourth-order valence-electron chi connectivity index (χ4n) is 3.07. The number of rotatable bonds is 5. The Balaban J connectivity index is 1.73. The summed E-state index contributed by atoms with van der Waals surface area (Å²) in [4.78, 5) is 18.5. The highest BCUT2D eigenvalue weighted by molar-refractivity contribution is 7.99. The highest BCUT2D eigenvalue weighted by atomic mass is 32.2. The predicted octanol–water partition coefficient (Wildman–Crippen LogP) is 3.49. The van der Waals surface area contributed by atoms with E-state index < -0.39 is 5.54 Å². The number of aryl methyl sites for hydroxylation is 1. The van der Waals surface area contributed by atoms with E-state index in [1.165, 1.54) is 22.9 Å². The average molecular weight is 354 g/mol. The molecule has 5 nitrogen and oxygen atoms in total. The number of hydrogen-bond acceptors (Lipinski definition) is 4. The van der Waals surface area contributed by atoms with Crippen LogP contribution >= 0.6 is 11.8 Å². The van der Waals surface area contributed by atoms with E-state index in [0.717, 1.165) is 30.1 Å². The molecule has 1 aliphatic rings. The number of thioether (sulfide) groups is 1. The Morgan fingerprint density at radius 1 is 1.44 bits per heavy atom. The first-order valence-electron chi connectivity index (χ1n) is 8.39. The summed E-state index contributed by atoms with van der Waals surface area (Å²) >= 11 is 1.41. The summed E-state index contributed by atoms with van der Waals surface area (Å²) in [6, 6.07) is 8.48. The second-order valence-electron chi connectivity index (χ2n) is 6.54. The average Bonchev–Trinajstić information content (AvgIpc) is 3.03. The first kappa shape index (κ1) is 17.6. The second-order valence-corrected chi connectivity index (χ2v) is 7.48. The number of aromatic nitrogens is 2. The minimum absolute atomic E-state index is 0.0261. The molecule has 0 aliphatic heterocycles. The fourth-order valence-corrected chi connectivity index (χ4v) is 3.95. The maximum Gasteiger partial charge on any atom is 0.234 e. The molecule has 1 heterocycles. The molecule has 1 fully saturated rings. The van der Waals surface area contributed by atoms with Gasteiger partial charge in [0, 0.05) is 19.4 Å². The van der Waals surface area contributed by atoms with Gasteiger partial charge in [0.2, 0.25) is 5.91 Å². The van der Waals surface area contributed by atoms with Crippen molar-refractivity contribution in [3.63, 3.8) is 0 Å². The van der Waals surface area contributed by atoms with Crippen LogP contribution in [0.2, 0.25) is 0 Å². The van der Waals surface area contributed by atoms with Crippen LogP contribution in [0.25, 0.3) is 5.69 Å². The lowest BCUT2D eigenvalue weighted by molar-refractivity contribution is -0.133. The van der Waals surface area contributed by atoms with Gasteiger partial charge < -0.3 is 4.90 Å². The predicted molar refractivity (Wildman–Crippen MR) is 98.7 cm³/mol. The van der Waals surface area contributed by atoms with E-state index in [1.54, 1.807) is 18.1 Å². The van der Waals surface area contributed by atoms with E-state index >= 15 is 0 Å². The molecule has 6 heteroatoms. The maximum atomic E-state index is 12.5. The van der Waals surface area contributed by atoms with Gasteiger partial charge in [-0.05, 0) is 50.3 Å². The van der Waals surface area contributed by atoms with E-state index in [0.29, 0.717) is 0 Å². The van der Waals surface area contributed by atoms with Gasteiger partial charge in [0.1, 0.15) is 5.54 Å². The molecule has 0 atom stereocenters. The Bertz CT molecular complexity index is 832. The molecular weight excluding hydrogens is 332 g/mol. The zero-order chi connectivity index (χ0) is 18.0. The van der Waals surface area contributed by atoms with Crippen molar-refractivity contribution in [3.05, 3.63) is 41.7 Å². The Labute approximate surface area is 152 Å². The van der Waals surface area contributed by atoms with E-state index in [1.807, 2.05) is 16.8 Å². The van der Waals surface area contributed by atoms with Gasteiger partial charge in [0.25, 0.3) is 0 Å². The highest BCUT2D eigenvalue weighted by Gasteiger charge is 2.43. The van der Waals surface area contributed by atoms with Gasteiger partial charge in [0.05, 0.1) is 17.5 Å². The highest BCUT2D eigenvalue weighted by Crippen LogP contribution is 2.36. The van der Waals surface area contributed by atoms with Crippen LogP contribution in [0, 0.1) is 25.2 Å². The molecule has 0 bridgehead atoms. The van der Waals surface area contributed by atoms with Crippen LogP contribution in [0.15, 0.2) is 35.7 Å². The molecule has 0 N–H and O–H groups in total. The Hall–Kier alpha value is -2.26. The van der Waals surface area contributed by atoms with E-state index in [9.17, 15) is 10.1 Å². The molecule has 0 radical (unpaired) electrons. The van der Waals surface area contributed by atoms with Crippen LogP contribution in [-0.4, -0.2) is 38.7 Å². The molecule has 1 saturated carbocycles. The first-order chi connectivity index (χ1) is 12.0. The molecule has 1 aromatic carbocycles. The number of nitrogens with zero attached hydrogens (tertiary/aromatic N) is 4. The molecule has 130 valence electrons. The van der Waals surface area contributed by atoms with Crippen molar-refractivity contribution in [2.75, 3.05) is 12.8 Å². The van der Waals surface area contributed by atoms with Gasteiger partial charge in [-0.3, -0.25) is 9.36 Å². The molecule has 25 heavy (non-hydrogen) atoms. The fraction of sp³-hybridized carbons (Fsp3) is 0.421. The van der Waals surface area contributed by atoms with Crippen molar-refractivity contribution in [1.82, 2.24) is 14.5 Å². The summed E-state index contributed by atoms with van der Waals surface area (Å²) in [7, 11) is 1.74. The number of hydrogen-bond donors (Lipinski definition) is 0. The first-order valence-corrected chi connectivity index (χ1v) is 9.38. The van der Waals surface area contributed by atoms with Crippen molar-refractivity contribution >= 4 is 17.7 Å². The number of benzene rings is 1. The zero-order valence-electron chi connectivity index (χ0n) is 14.8. The molecule has 1 aromatic heterocycles. The lowest BCUT2D eigenvalue weighted by Crippen LogP contribution is -2.53. The summed E-state index contributed by atoms with van der Waals surface area (Å²) < 4.78 is 2.02. The minimum atomic E-state index is -0.597. The third kappa shape index (κ3) is 3.16. The lowest BCUT2D eigenvalue weighted by atomic mass is 9.77. The second kappa shape index (κ2) is 6.93. The smallest absolute Gasteiger partial charge is 0.234 e. The molecule has 3 rings (SSSR count). The summed E-state index contributed by atoms with van der Waals surface area (Å²) in [5.41, 5.74) is 2.90.